The summed E-state index contributed by atoms with van der Waals surface area (Å²) in [6.07, 6.45) is 0.914. The maximum atomic E-state index is 9.36. The van der Waals surface area contributed by atoms with E-state index >= 15 is 0 Å². The second-order valence-electron chi connectivity index (χ2n) is 4.47. The minimum atomic E-state index is -0.0397. The van der Waals surface area contributed by atoms with Gasteiger partial charge in [0.15, 0.2) is 0 Å². The molecule has 0 fully saturated rings. The molecule has 0 atom stereocenters. The monoisotopic (exact) mass is 338 g/mol. The summed E-state index contributed by atoms with van der Waals surface area (Å²) in [6, 6.07) is 7.71. The first-order valence-corrected chi connectivity index (χ1v) is 7.55. The first-order valence-electron chi connectivity index (χ1n) is 6.76. The van der Waals surface area contributed by atoms with E-state index in [4.69, 9.17) is 4.74 Å². The zero-order chi connectivity index (χ0) is 14.5. The lowest BCUT2D eigenvalue weighted by molar-refractivity contribution is 0.253. The standard InChI is InChI=1S/C15H19BrN2O2/c1-3-12-8-13(18(4-2)17-12)10-20-15-11(9-19)6-5-7-14(15)16/h5-8,19H,3-4,9-10H2,1-2H3. The lowest BCUT2D eigenvalue weighted by Crippen LogP contribution is -2.07. The molecule has 0 unspecified atom stereocenters. The van der Waals surface area contributed by atoms with Gasteiger partial charge >= 0.3 is 0 Å². The molecule has 0 aliphatic carbocycles. The van der Waals surface area contributed by atoms with Crippen molar-refractivity contribution in [3.8, 4) is 5.75 Å². The second-order valence-corrected chi connectivity index (χ2v) is 5.33. The molecular weight excluding hydrogens is 320 g/mol. The smallest absolute Gasteiger partial charge is 0.139 e. The Morgan fingerprint density at radius 2 is 2.15 bits per heavy atom. The van der Waals surface area contributed by atoms with E-state index in [1.165, 1.54) is 0 Å². The summed E-state index contributed by atoms with van der Waals surface area (Å²) in [7, 11) is 0. The van der Waals surface area contributed by atoms with Crippen LogP contribution in [0.1, 0.15) is 30.8 Å². The highest BCUT2D eigenvalue weighted by Gasteiger charge is 2.10. The summed E-state index contributed by atoms with van der Waals surface area (Å²) < 4.78 is 8.68. The van der Waals surface area contributed by atoms with Gasteiger partial charge in [-0.2, -0.15) is 5.10 Å². The Bertz CT molecular complexity index is 581. The Morgan fingerprint density at radius 1 is 1.35 bits per heavy atom. The van der Waals surface area contributed by atoms with Crippen molar-refractivity contribution in [2.45, 2.75) is 40.0 Å². The molecule has 0 radical (unpaired) electrons. The van der Waals surface area contributed by atoms with E-state index in [0.717, 1.165) is 34.4 Å². The van der Waals surface area contributed by atoms with Crippen molar-refractivity contribution in [3.05, 3.63) is 45.7 Å². The number of rotatable bonds is 6. The molecule has 4 nitrogen and oxygen atoms in total. The number of aliphatic hydroxyl groups is 1. The summed E-state index contributed by atoms with van der Waals surface area (Å²) in [5.41, 5.74) is 2.89. The van der Waals surface area contributed by atoms with Crippen molar-refractivity contribution in [1.82, 2.24) is 9.78 Å². The number of para-hydroxylation sites is 1. The van der Waals surface area contributed by atoms with Gasteiger partial charge in [0.25, 0.3) is 0 Å². The summed E-state index contributed by atoms with van der Waals surface area (Å²) in [6.45, 7) is 5.37. The molecule has 0 spiro atoms. The zero-order valence-electron chi connectivity index (χ0n) is 11.8. The van der Waals surface area contributed by atoms with Crippen LogP contribution in [0, 0.1) is 0 Å². The highest BCUT2D eigenvalue weighted by molar-refractivity contribution is 9.10. The predicted octanol–water partition coefficient (Wildman–Crippen LogP) is 3.30. The highest BCUT2D eigenvalue weighted by Crippen LogP contribution is 2.29. The van der Waals surface area contributed by atoms with Gasteiger partial charge in [-0.3, -0.25) is 4.68 Å². The number of nitrogens with zero attached hydrogens (tertiary/aromatic N) is 2. The molecule has 0 saturated heterocycles. The largest absolute Gasteiger partial charge is 0.486 e. The van der Waals surface area contributed by atoms with E-state index in [1.54, 1.807) is 0 Å². The third-order valence-electron chi connectivity index (χ3n) is 3.16. The minimum Gasteiger partial charge on any atom is -0.486 e. The maximum absolute atomic E-state index is 9.36. The lowest BCUT2D eigenvalue weighted by Gasteiger charge is -2.12. The van der Waals surface area contributed by atoms with Crippen LogP contribution in [0.4, 0.5) is 0 Å². The van der Waals surface area contributed by atoms with Gasteiger partial charge in [0.05, 0.1) is 22.5 Å². The number of aromatic nitrogens is 2. The highest BCUT2D eigenvalue weighted by atomic mass is 79.9. The average molecular weight is 339 g/mol. The zero-order valence-corrected chi connectivity index (χ0v) is 13.4. The average Bonchev–Trinajstić information content (AvgIpc) is 2.88. The fourth-order valence-electron chi connectivity index (χ4n) is 2.06. The molecule has 5 heteroatoms. The molecule has 0 saturated carbocycles. The van der Waals surface area contributed by atoms with Gasteiger partial charge in [-0.15, -0.1) is 0 Å². The number of hydrogen-bond donors (Lipinski definition) is 1. The number of aliphatic hydroxyl groups excluding tert-OH is 1. The predicted molar refractivity (Wildman–Crippen MR) is 81.7 cm³/mol. The molecule has 108 valence electrons. The molecule has 0 aliphatic rings. The SMILES string of the molecule is CCc1cc(COc2c(Br)cccc2CO)n(CC)n1. The van der Waals surface area contributed by atoms with Gasteiger partial charge in [-0.1, -0.05) is 19.1 Å². The van der Waals surface area contributed by atoms with Gasteiger partial charge in [-0.25, -0.2) is 0 Å². The molecule has 2 aromatic rings. The summed E-state index contributed by atoms with van der Waals surface area (Å²) >= 11 is 3.46. The van der Waals surface area contributed by atoms with Crippen LogP contribution in [0.15, 0.2) is 28.7 Å². The number of hydrogen-bond acceptors (Lipinski definition) is 3. The lowest BCUT2D eigenvalue weighted by atomic mass is 10.2. The third-order valence-corrected chi connectivity index (χ3v) is 3.78. The Hall–Kier alpha value is -1.33. The molecule has 1 aromatic heterocycles. The van der Waals surface area contributed by atoms with Crippen LogP contribution < -0.4 is 4.74 Å². The van der Waals surface area contributed by atoms with E-state index in [1.807, 2.05) is 22.9 Å². The molecule has 0 bridgehead atoms. The normalized spacial score (nSPS) is 10.8. The Balaban J connectivity index is 2.18. The van der Waals surface area contributed by atoms with Crippen molar-refractivity contribution < 1.29 is 9.84 Å². The van der Waals surface area contributed by atoms with Crippen LogP contribution in [-0.2, 0) is 26.2 Å². The van der Waals surface area contributed by atoms with Crippen LogP contribution in [0.2, 0.25) is 0 Å². The van der Waals surface area contributed by atoms with Gasteiger partial charge in [0, 0.05) is 12.1 Å². The molecule has 1 heterocycles. The first-order chi connectivity index (χ1) is 9.69. The summed E-state index contributed by atoms with van der Waals surface area (Å²) in [4.78, 5) is 0. The van der Waals surface area contributed by atoms with Crippen molar-refractivity contribution in [2.75, 3.05) is 0 Å². The number of benzene rings is 1. The Labute approximate surface area is 127 Å². The van der Waals surface area contributed by atoms with Crippen molar-refractivity contribution >= 4 is 15.9 Å². The third kappa shape index (κ3) is 3.22. The van der Waals surface area contributed by atoms with E-state index in [-0.39, 0.29) is 6.61 Å². The Morgan fingerprint density at radius 3 is 2.80 bits per heavy atom. The van der Waals surface area contributed by atoms with Gasteiger partial charge < -0.3 is 9.84 Å². The fraction of sp³-hybridized carbons (Fsp3) is 0.400. The van der Waals surface area contributed by atoms with E-state index in [9.17, 15) is 5.11 Å². The van der Waals surface area contributed by atoms with Crippen LogP contribution in [0.3, 0.4) is 0 Å². The van der Waals surface area contributed by atoms with Crippen molar-refractivity contribution in [3.63, 3.8) is 0 Å². The van der Waals surface area contributed by atoms with Crippen molar-refractivity contribution in [1.29, 1.82) is 0 Å². The summed E-state index contributed by atoms with van der Waals surface area (Å²) in [5, 5.41) is 13.9. The summed E-state index contributed by atoms with van der Waals surface area (Å²) in [5.74, 6) is 0.692. The van der Waals surface area contributed by atoms with Crippen LogP contribution in [0.25, 0.3) is 0 Å². The van der Waals surface area contributed by atoms with Gasteiger partial charge in [0.2, 0.25) is 0 Å². The number of ether oxygens (including phenoxy) is 1. The van der Waals surface area contributed by atoms with Crippen LogP contribution in [-0.4, -0.2) is 14.9 Å². The molecule has 1 aromatic carbocycles. The molecule has 0 aliphatic heterocycles. The van der Waals surface area contributed by atoms with Gasteiger partial charge in [0.1, 0.15) is 12.4 Å². The molecular formula is C15H19BrN2O2. The van der Waals surface area contributed by atoms with E-state index in [0.29, 0.717) is 12.4 Å². The first kappa shape index (κ1) is 15.1. The van der Waals surface area contributed by atoms with Crippen LogP contribution in [0.5, 0.6) is 5.75 Å². The molecule has 0 amide bonds. The molecule has 1 N–H and O–H groups in total. The van der Waals surface area contributed by atoms with E-state index in [2.05, 4.69) is 40.9 Å². The quantitative estimate of drug-likeness (QED) is 0.878. The number of halogens is 1. The van der Waals surface area contributed by atoms with E-state index < -0.39 is 0 Å². The second kappa shape index (κ2) is 6.90. The Kier molecular flexibility index (Phi) is 5.20. The molecule has 20 heavy (non-hydrogen) atoms. The van der Waals surface area contributed by atoms with Crippen LogP contribution >= 0.6 is 15.9 Å². The van der Waals surface area contributed by atoms with Gasteiger partial charge in [-0.05, 0) is 41.4 Å². The fourth-order valence-corrected chi connectivity index (χ4v) is 2.59. The van der Waals surface area contributed by atoms with Crippen molar-refractivity contribution in [2.24, 2.45) is 0 Å². The maximum Gasteiger partial charge on any atom is 0.139 e. The topological polar surface area (TPSA) is 47.3 Å². The minimum absolute atomic E-state index is 0.0397. The molecule has 2 rings (SSSR count). The number of aryl methyl sites for hydroxylation is 2.